The maximum absolute atomic E-state index is 12.2. The van der Waals surface area contributed by atoms with Crippen LogP contribution in [-0.4, -0.2) is 47.1 Å². The largest absolute Gasteiger partial charge is 0.476 e. The van der Waals surface area contributed by atoms with Gasteiger partial charge in [-0.25, -0.2) is 4.98 Å². The van der Waals surface area contributed by atoms with Gasteiger partial charge in [0.1, 0.15) is 29.3 Å². The van der Waals surface area contributed by atoms with E-state index in [1.54, 1.807) is 0 Å². The van der Waals surface area contributed by atoms with E-state index in [4.69, 9.17) is 21.1 Å². The molecule has 2 heterocycles. The highest BCUT2D eigenvalue weighted by Crippen LogP contribution is 2.22. The van der Waals surface area contributed by atoms with Crippen LogP contribution in [-0.2, 0) is 9.53 Å². The second kappa shape index (κ2) is 7.27. The van der Waals surface area contributed by atoms with Crippen LogP contribution in [0.15, 0.2) is 12.3 Å². The van der Waals surface area contributed by atoms with E-state index < -0.39 is 5.60 Å². The Hall–Kier alpha value is -1.66. The number of likely N-dealkylation sites (tertiary alicyclic amines) is 1. The molecule has 0 aliphatic carbocycles. The van der Waals surface area contributed by atoms with E-state index in [1.807, 2.05) is 25.7 Å². The molecule has 0 amide bonds. The standard InChI is InChI=1S/C16H21ClN2O4/c1-16(2,3)23-15(21)13-5-4-6-19(13)10-22-12-7-11(9-20)14(17)18-8-12/h7-9,13H,4-6,10H2,1-3H3/t13-/m1/s1. The van der Waals surface area contributed by atoms with E-state index in [1.165, 1.54) is 12.3 Å². The van der Waals surface area contributed by atoms with Crippen LogP contribution in [0.3, 0.4) is 0 Å². The molecule has 0 unspecified atom stereocenters. The molecule has 1 saturated heterocycles. The van der Waals surface area contributed by atoms with Crippen molar-refractivity contribution in [3.63, 3.8) is 0 Å². The zero-order valence-corrected chi connectivity index (χ0v) is 14.3. The van der Waals surface area contributed by atoms with Crippen LogP contribution in [0.5, 0.6) is 5.75 Å². The average molecular weight is 341 g/mol. The Bertz CT molecular complexity index is 586. The van der Waals surface area contributed by atoms with Crippen molar-refractivity contribution in [2.45, 2.75) is 45.3 Å². The molecular weight excluding hydrogens is 320 g/mol. The fraction of sp³-hybridized carbons (Fsp3) is 0.562. The zero-order chi connectivity index (χ0) is 17.0. The van der Waals surface area contributed by atoms with Gasteiger partial charge < -0.3 is 9.47 Å². The molecule has 0 bridgehead atoms. The first-order chi connectivity index (χ1) is 10.8. The number of esters is 1. The molecule has 0 saturated carbocycles. The lowest BCUT2D eigenvalue weighted by Crippen LogP contribution is -2.42. The Labute approximate surface area is 140 Å². The van der Waals surface area contributed by atoms with Crippen molar-refractivity contribution in [1.29, 1.82) is 0 Å². The van der Waals surface area contributed by atoms with Gasteiger partial charge in [0, 0.05) is 6.54 Å². The SMILES string of the molecule is CC(C)(C)OC(=O)[C@H]1CCCN1COc1cnc(Cl)c(C=O)c1. The molecule has 1 atom stereocenters. The van der Waals surface area contributed by atoms with Crippen LogP contribution in [0.2, 0.25) is 5.15 Å². The number of aromatic nitrogens is 1. The minimum atomic E-state index is -0.509. The molecule has 0 radical (unpaired) electrons. The quantitative estimate of drug-likeness (QED) is 0.466. The summed E-state index contributed by atoms with van der Waals surface area (Å²) in [5, 5.41) is 0.139. The van der Waals surface area contributed by atoms with E-state index in [0.717, 1.165) is 19.4 Å². The van der Waals surface area contributed by atoms with Gasteiger partial charge in [0.2, 0.25) is 0 Å². The Balaban J connectivity index is 1.96. The van der Waals surface area contributed by atoms with E-state index in [9.17, 15) is 9.59 Å². The fourth-order valence-electron chi connectivity index (χ4n) is 2.38. The van der Waals surface area contributed by atoms with Crippen LogP contribution in [0, 0.1) is 0 Å². The summed E-state index contributed by atoms with van der Waals surface area (Å²) in [7, 11) is 0. The van der Waals surface area contributed by atoms with Crippen molar-refractivity contribution in [3.05, 3.63) is 23.0 Å². The molecule has 0 N–H and O–H groups in total. The number of carbonyl (C=O) groups is 2. The second-order valence-corrected chi connectivity index (χ2v) is 6.80. The minimum absolute atomic E-state index is 0.139. The molecule has 7 heteroatoms. The van der Waals surface area contributed by atoms with Crippen LogP contribution in [0.4, 0.5) is 0 Å². The first-order valence-corrected chi connectivity index (χ1v) is 7.88. The number of hydrogen-bond acceptors (Lipinski definition) is 6. The molecule has 0 spiro atoms. The summed E-state index contributed by atoms with van der Waals surface area (Å²) in [5.41, 5.74) is -0.236. The highest BCUT2D eigenvalue weighted by atomic mass is 35.5. The summed E-state index contributed by atoms with van der Waals surface area (Å²) in [6.07, 6.45) is 3.73. The molecule has 1 aromatic rings. The van der Waals surface area contributed by atoms with Crippen molar-refractivity contribution >= 4 is 23.9 Å². The Morgan fingerprint density at radius 2 is 2.26 bits per heavy atom. The molecule has 1 fully saturated rings. The van der Waals surface area contributed by atoms with E-state index >= 15 is 0 Å². The van der Waals surface area contributed by atoms with Crippen LogP contribution in [0.1, 0.15) is 44.0 Å². The van der Waals surface area contributed by atoms with Gasteiger partial charge in [-0.3, -0.25) is 14.5 Å². The third kappa shape index (κ3) is 4.91. The van der Waals surface area contributed by atoms with E-state index in [0.29, 0.717) is 12.0 Å². The fourth-order valence-corrected chi connectivity index (χ4v) is 2.53. The molecule has 1 aliphatic heterocycles. The van der Waals surface area contributed by atoms with Gasteiger partial charge in [-0.15, -0.1) is 0 Å². The molecule has 1 aliphatic rings. The maximum Gasteiger partial charge on any atom is 0.323 e. The van der Waals surface area contributed by atoms with Crippen LogP contribution >= 0.6 is 11.6 Å². The molecule has 126 valence electrons. The Morgan fingerprint density at radius 3 is 2.91 bits per heavy atom. The van der Waals surface area contributed by atoms with Crippen molar-refractivity contribution in [2.75, 3.05) is 13.3 Å². The van der Waals surface area contributed by atoms with Gasteiger partial charge in [0.25, 0.3) is 0 Å². The van der Waals surface area contributed by atoms with Crippen molar-refractivity contribution in [3.8, 4) is 5.75 Å². The van der Waals surface area contributed by atoms with Gasteiger partial charge >= 0.3 is 5.97 Å². The summed E-state index contributed by atoms with van der Waals surface area (Å²) < 4.78 is 11.1. The minimum Gasteiger partial charge on any atom is -0.476 e. The maximum atomic E-state index is 12.2. The van der Waals surface area contributed by atoms with Crippen LogP contribution < -0.4 is 4.74 Å². The van der Waals surface area contributed by atoms with Gasteiger partial charge in [-0.2, -0.15) is 0 Å². The molecule has 6 nitrogen and oxygen atoms in total. The van der Waals surface area contributed by atoms with Crippen molar-refractivity contribution in [2.24, 2.45) is 0 Å². The second-order valence-electron chi connectivity index (χ2n) is 6.45. The highest BCUT2D eigenvalue weighted by Gasteiger charge is 2.34. The third-order valence-corrected chi connectivity index (χ3v) is 3.72. The average Bonchev–Trinajstić information content (AvgIpc) is 2.93. The highest BCUT2D eigenvalue weighted by molar-refractivity contribution is 6.31. The monoisotopic (exact) mass is 340 g/mol. The third-order valence-electron chi connectivity index (χ3n) is 3.41. The first-order valence-electron chi connectivity index (χ1n) is 7.50. The summed E-state index contributed by atoms with van der Waals surface area (Å²) in [4.78, 5) is 28.9. The smallest absolute Gasteiger partial charge is 0.323 e. The number of carbonyl (C=O) groups excluding carboxylic acids is 2. The Kier molecular flexibility index (Phi) is 5.59. The van der Waals surface area contributed by atoms with Gasteiger partial charge in [-0.1, -0.05) is 11.6 Å². The normalized spacial score (nSPS) is 18.7. The molecular formula is C16H21ClN2O4. The van der Waals surface area contributed by atoms with Gasteiger partial charge in [-0.05, 0) is 39.7 Å². The van der Waals surface area contributed by atoms with Crippen molar-refractivity contribution < 1.29 is 19.1 Å². The number of hydrogen-bond donors (Lipinski definition) is 0. The summed E-state index contributed by atoms with van der Waals surface area (Å²) in [6, 6.07) is 1.22. The first kappa shape index (κ1) is 17.7. The molecule has 2 rings (SSSR count). The molecule has 1 aromatic heterocycles. The number of aldehydes is 1. The molecule has 0 aromatic carbocycles. The predicted molar refractivity (Wildman–Crippen MR) is 85.7 cm³/mol. The predicted octanol–water partition coefficient (Wildman–Crippen LogP) is 2.69. The van der Waals surface area contributed by atoms with E-state index in [2.05, 4.69) is 4.98 Å². The number of pyridine rings is 1. The summed E-state index contributed by atoms with van der Waals surface area (Å²) >= 11 is 5.78. The topological polar surface area (TPSA) is 68.7 Å². The lowest BCUT2D eigenvalue weighted by molar-refractivity contribution is -0.161. The van der Waals surface area contributed by atoms with Crippen molar-refractivity contribution in [1.82, 2.24) is 9.88 Å². The molecule has 23 heavy (non-hydrogen) atoms. The number of rotatable bonds is 5. The summed E-state index contributed by atoms with van der Waals surface area (Å²) in [6.45, 7) is 6.53. The lowest BCUT2D eigenvalue weighted by atomic mass is 10.1. The summed E-state index contributed by atoms with van der Waals surface area (Å²) in [5.74, 6) is 0.202. The van der Waals surface area contributed by atoms with E-state index in [-0.39, 0.29) is 29.5 Å². The van der Waals surface area contributed by atoms with Crippen LogP contribution in [0.25, 0.3) is 0 Å². The number of ether oxygens (including phenoxy) is 2. The number of halogens is 1. The zero-order valence-electron chi connectivity index (χ0n) is 13.5. The lowest BCUT2D eigenvalue weighted by Gasteiger charge is -2.27. The van der Waals surface area contributed by atoms with Gasteiger partial charge in [0.15, 0.2) is 6.29 Å². The number of nitrogens with zero attached hydrogens (tertiary/aromatic N) is 2. The Morgan fingerprint density at radius 1 is 1.52 bits per heavy atom. The van der Waals surface area contributed by atoms with Gasteiger partial charge in [0.05, 0.1) is 11.8 Å².